The van der Waals surface area contributed by atoms with E-state index >= 15 is 0 Å². The van der Waals surface area contributed by atoms with Crippen molar-refractivity contribution in [1.29, 1.82) is 0 Å². The maximum absolute atomic E-state index is 12.4. The largest absolute Gasteiger partial charge is 0.329 e. The van der Waals surface area contributed by atoms with Crippen LogP contribution in [-0.2, 0) is 19.4 Å². The molecule has 2 amide bonds. The van der Waals surface area contributed by atoms with E-state index < -0.39 is 0 Å². The van der Waals surface area contributed by atoms with Crippen molar-refractivity contribution in [1.82, 2.24) is 25.4 Å². The Bertz CT molecular complexity index is 692. The van der Waals surface area contributed by atoms with Crippen molar-refractivity contribution in [3.05, 3.63) is 33.0 Å². The van der Waals surface area contributed by atoms with Crippen LogP contribution in [0.3, 0.4) is 0 Å². The minimum absolute atomic E-state index is 0.0863. The van der Waals surface area contributed by atoms with Gasteiger partial charge in [0.25, 0.3) is 0 Å². The van der Waals surface area contributed by atoms with Crippen LogP contribution in [-0.4, -0.2) is 33.2 Å². The molecule has 0 aliphatic heterocycles. The van der Waals surface area contributed by atoms with Gasteiger partial charge in [0.15, 0.2) is 0 Å². The Morgan fingerprint density at radius 3 is 3.00 bits per heavy atom. The van der Waals surface area contributed by atoms with E-state index in [0.717, 1.165) is 29.2 Å². The Hall–Kier alpha value is -1.89. The lowest BCUT2D eigenvalue weighted by Gasteiger charge is -2.20. The SMILES string of the molecule is Cc1csc([C@H](C)NC(=O)N(C)Cc2n[nH]c3c2CCCC3)n1. The summed E-state index contributed by atoms with van der Waals surface area (Å²) in [6, 6.07) is -0.185. The summed E-state index contributed by atoms with van der Waals surface area (Å²) in [7, 11) is 1.80. The second-order valence-electron chi connectivity index (χ2n) is 6.19. The van der Waals surface area contributed by atoms with Crippen LogP contribution in [0.5, 0.6) is 0 Å². The fraction of sp³-hybridized carbons (Fsp3) is 0.562. The topological polar surface area (TPSA) is 73.9 Å². The molecule has 7 heteroatoms. The van der Waals surface area contributed by atoms with Gasteiger partial charge in [0.05, 0.1) is 18.3 Å². The Labute approximate surface area is 140 Å². The molecule has 2 aromatic rings. The first-order chi connectivity index (χ1) is 11.0. The molecule has 0 bridgehead atoms. The molecule has 0 saturated heterocycles. The average molecular weight is 333 g/mol. The quantitative estimate of drug-likeness (QED) is 0.903. The molecular formula is C16H23N5OS. The van der Waals surface area contributed by atoms with E-state index in [4.69, 9.17) is 0 Å². The van der Waals surface area contributed by atoms with Gasteiger partial charge in [-0.1, -0.05) is 0 Å². The fourth-order valence-corrected chi connectivity index (χ4v) is 3.71. The highest BCUT2D eigenvalue weighted by Crippen LogP contribution is 2.23. The molecular weight excluding hydrogens is 310 g/mol. The number of fused-ring (bicyclic) bond motifs is 1. The molecule has 23 heavy (non-hydrogen) atoms. The van der Waals surface area contributed by atoms with Gasteiger partial charge in [0.2, 0.25) is 0 Å². The average Bonchev–Trinajstić information content (AvgIpc) is 3.14. The number of aryl methyl sites for hydroxylation is 2. The maximum Gasteiger partial charge on any atom is 0.318 e. The van der Waals surface area contributed by atoms with Crippen LogP contribution in [0, 0.1) is 6.92 Å². The molecule has 2 N–H and O–H groups in total. The number of aromatic amines is 1. The second kappa shape index (κ2) is 6.70. The molecule has 1 aliphatic rings. The number of aromatic nitrogens is 3. The first-order valence-corrected chi connectivity index (χ1v) is 8.91. The minimum atomic E-state index is -0.0992. The van der Waals surface area contributed by atoms with Gasteiger partial charge in [-0.05, 0) is 45.1 Å². The van der Waals surface area contributed by atoms with Crippen LogP contribution >= 0.6 is 11.3 Å². The number of urea groups is 1. The van der Waals surface area contributed by atoms with Gasteiger partial charge in [-0.3, -0.25) is 5.10 Å². The highest BCUT2D eigenvalue weighted by atomic mass is 32.1. The van der Waals surface area contributed by atoms with Crippen molar-refractivity contribution in [2.45, 2.75) is 52.1 Å². The monoisotopic (exact) mass is 333 g/mol. The lowest BCUT2D eigenvalue weighted by molar-refractivity contribution is 0.203. The van der Waals surface area contributed by atoms with Gasteiger partial charge in [-0.2, -0.15) is 5.10 Å². The van der Waals surface area contributed by atoms with Gasteiger partial charge in [0, 0.05) is 23.8 Å². The fourth-order valence-electron chi connectivity index (χ4n) is 2.91. The standard InChI is InChI=1S/C16H23N5OS/c1-10-9-23-15(17-10)11(2)18-16(22)21(3)8-14-12-6-4-5-7-13(12)19-20-14/h9,11H,4-8H2,1-3H3,(H,18,22)(H,19,20)/t11-/m0/s1. The lowest BCUT2D eigenvalue weighted by Crippen LogP contribution is -2.38. The Morgan fingerprint density at radius 2 is 2.26 bits per heavy atom. The van der Waals surface area contributed by atoms with Crippen LogP contribution in [0.15, 0.2) is 5.38 Å². The summed E-state index contributed by atoms with van der Waals surface area (Å²) in [6.45, 7) is 4.45. The molecule has 124 valence electrons. The van der Waals surface area contributed by atoms with Crippen molar-refractivity contribution in [3.63, 3.8) is 0 Å². The zero-order chi connectivity index (χ0) is 16.4. The Kier molecular flexibility index (Phi) is 4.66. The summed E-state index contributed by atoms with van der Waals surface area (Å²) >= 11 is 1.57. The normalized spacial score (nSPS) is 15.1. The summed E-state index contributed by atoms with van der Waals surface area (Å²) in [5, 5.41) is 13.5. The summed E-state index contributed by atoms with van der Waals surface area (Å²) < 4.78 is 0. The van der Waals surface area contributed by atoms with E-state index in [1.165, 1.54) is 24.1 Å². The Balaban J connectivity index is 1.60. The molecule has 0 aromatic carbocycles. The van der Waals surface area contributed by atoms with Crippen LogP contribution < -0.4 is 5.32 Å². The van der Waals surface area contributed by atoms with E-state index in [-0.39, 0.29) is 12.1 Å². The predicted molar refractivity (Wildman–Crippen MR) is 90.5 cm³/mol. The number of amides is 2. The van der Waals surface area contributed by atoms with Crippen LogP contribution in [0.2, 0.25) is 0 Å². The van der Waals surface area contributed by atoms with E-state index in [1.807, 2.05) is 19.2 Å². The molecule has 3 rings (SSSR count). The van der Waals surface area contributed by atoms with E-state index in [0.29, 0.717) is 6.54 Å². The lowest BCUT2D eigenvalue weighted by atomic mass is 9.96. The van der Waals surface area contributed by atoms with E-state index in [9.17, 15) is 4.79 Å². The molecule has 1 aliphatic carbocycles. The molecule has 6 nitrogen and oxygen atoms in total. The van der Waals surface area contributed by atoms with Crippen molar-refractivity contribution in [3.8, 4) is 0 Å². The smallest absolute Gasteiger partial charge is 0.318 e. The third kappa shape index (κ3) is 3.55. The summed E-state index contributed by atoms with van der Waals surface area (Å²) in [6.07, 6.45) is 4.55. The summed E-state index contributed by atoms with van der Waals surface area (Å²) in [5.74, 6) is 0. The number of carbonyl (C=O) groups is 1. The third-order valence-corrected chi connectivity index (χ3v) is 5.37. The zero-order valence-corrected chi connectivity index (χ0v) is 14.7. The Morgan fingerprint density at radius 1 is 1.48 bits per heavy atom. The van der Waals surface area contributed by atoms with Crippen molar-refractivity contribution < 1.29 is 4.79 Å². The predicted octanol–water partition coefficient (Wildman–Crippen LogP) is 2.96. The summed E-state index contributed by atoms with van der Waals surface area (Å²) in [4.78, 5) is 18.5. The highest BCUT2D eigenvalue weighted by molar-refractivity contribution is 7.09. The van der Waals surface area contributed by atoms with Crippen LogP contribution in [0.4, 0.5) is 4.79 Å². The number of rotatable bonds is 4. The number of carbonyl (C=O) groups excluding carboxylic acids is 1. The molecule has 0 unspecified atom stereocenters. The first kappa shape index (κ1) is 16.0. The number of H-pyrrole nitrogens is 1. The van der Waals surface area contributed by atoms with Crippen molar-refractivity contribution >= 4 is 17.4 Å². The highest BCUT2D eigenvalue weighted by Gasteiger charge is 2.20. The summed E-state index contributed by atoms with van der Waals surface area (Å²) in [5.41, 5.74) is 4.53. The van der Waals surface area contributed by atoms with Gasteiger partial charge >= 0.3 is 6.03 Å². The van der Waals surface area contributed by atoms with Crippen LogP contribution in [0.25, 0.3) is 0 Å². The number of hydrogen-bond acceptors (Lipinski definition) is 4. The van der Waals surface area contributed by atoms with Crippen molar-refractivity contribution in [2.24, 2.45) is 0 Å². The molecule has 0 saturated carbocycles. The molecule has 1 atom stereocenters. The number of hydrogen-bond donors (Lipinski definition) is 2. The number of nitrogens with one attached hydrogen (secondary N) is 2. The molecule has 0 spiro atoms. The maximum atomic E-state index is 12.4. The molecule has 0 fully saturated rings. The number of nitrogens with zero attached hydrogens (tertiary/aromatic N) is 3. The number of thiazole rings is 1. The van der Waals surface area contributed by atoms with E-state index in [1.54, 1.807) is 23.3 Å². The third-order valence-electron chi connectivity index (χ3n) is 4.22. The zero-order valence-electron chi connectivity index (χ0n) is 13.8. The van der Waals surface area contributed by atoms with Gasteiger partial charge < -0.3 is 10.2 Å². The minimum Gasteiger partial charge on any atom is -0.329 e. The molecule has 0 radical (unpaired) electrons. The molecule has 2 aromatic heterocycles. The van der Waals surface area contributed by atoms with Gasteiger partial charge in [0.1, 0.15) is 5.01 Å². The van der Waals surface area contributed by atoms with Crippen LogP contribution in [0.1, 0.15) is 53.5 Å². The van der Waals surface area contributed by atoms with E-state index in [2.05, 4.69) is 20.5 Å². The second-order valence-corrected chi connectivity index (χ2v) is 7.08. The first-order valence-electron chi connectivity index (χ1n) is 8.03. The molecule has 2 heterocycles. The van der Waals surface area contributed by atoms with Gasteiger partial charge in [-0.15, -0.1) is 11.3 Å². The van der Waals surface area contributed by atoms with Crippen molar-refractivity contribution in [2.75, 3.05) is 7.05 Å². The van der Waals surface area contributed by atoms with Gasteiger partial charge in [-0.25, -0.2) is 9.78 Å².